The summed E-state index contributed by atoms with van der Waals surface area (Å²) in [6.07, 6.45) is 6.51. The van der Waals surface area contributed by atoms with Crippen LogP contribution in [0, 0.1) is 0 Å². The fraction of sp³-hybridized carbons (Fsp3) is 0.500. The molecule has 2 heterocycles. The number of methoxy groups -OCH3 is 2. The van der Waals surface area contributed by atoms with Gasteiger partial charge in [0.1, 0.15) is 5.69 Å². The molecule has 1 aliphatic heterocycles. The first-order valence-corrected chi connectivity index (χ1v) is 13.5. The van der Waals surface area contributed by atoms with Gasteiger partial charge >= 0.3 is 0 Å². The van der Waals surface area contributed by atoms with Gasteiger partial charge in [0.05, 0.1) is 33.5 Å². The normalized spacial score (nSPS) is 14.5. The van der Waals surface area contributed by atoms with Gasteiger partial charge in [-0.15, -0.1) is 0 Å². The lowest BCUT2D eigenvalue weighted by Crippen LogP contribution is -2.36. The molecule has 0 amide bonds. The van der Waals surface area contributed by atoms with E-state index in [0.29, 0.717) is 19.8 Å². The van der Waals surface area contributed by atoms with E-state index in [1.807, 2.05) is 18.2 Å². The molecule has 1 atom stereocenters. The number of nitrogens with one attached hydrogen (secondary N) is 1. The van der Waals surface area contributed by atoms with Crippen LogP contribution in [0.2, 0.25) is 0 Å². The van der Waals surface area contributed by atoms with Crippen LogP contribution in [0.4, 0.5) is 5.88 Å². The molecule has 0 saturated carbocycles. The van der Waals surface area contributed by atoms with E-state index in [2.05, 4.69) is 47.5 Å². The Labute approximate surface area is 221 Å². The highest BCUT2D eigenvalue weighted by Crippen LogP contribution is 2.31. The van der Waals surface area contributed by atoms with Crippen LogP contribution in [-0.2, 0) is 17.7 Å². The Morgan fingerprint density at radius 2 is 1.73 bits per heavy atom. The van der Waals surface area contributed by atoms with Crippen molar-refractivity contribution in [2.75, 3.05) is 45.4 Å². The number of morpholine rings is 1. The summed E-state index contributed by atoms with van der Waals surface area (Å²) in [6.45, 7) is 5.97. The first-order chi connectivity index (χ1) is 18.2. The number of nitrogens with zero attached hydrogens (tertiary/aromatic N) is 2. The Balaban J connectivity index is 1.57. The zero-order chi connectivity index (χ0) is 25.9. The lowest BCUT2D eigenvalue weighted by molar-refractivity contribution is 0.120. The molecule has 1 unspecified atom stereocenters. The summed E-state index contributed by atoms with van der Waals surface area (Å²) in [5.41, 5.74) is 3.35. The van der Waals surface area contributed by atoms with E-state index in [1.165, 1.54) is 24.8 Å². The second-order valence-corrected chi connectivity index (χ2v) is 9.54. The fourth-order valence-electron chi connectivity index (χ4n) is 4.75. The van der Waals surface area contributed by atoms with E-state index >= 15 is 0 Å². The SMILES string of the molecule is CCCCCCC(NCc1ccc(OC)c(OC)c1)c1nc(Cc2ccccc2)c(N2CCOCC2)o1. The van der Waals surface area contributed by atoms with Crippen LogP contribution in [0.25, 0.3) is 0 Å². The average Bonchev–Trinajstić information content (AvgIpc) is 3.36. The maximum Gasteiger partial charge on any atom is 0.220 e. The number of hydrogen-bond donors (Lipinski definition) is 1. The topological polar surface area (TPSA) is 69.0 Å². The number of aromatic nitrogens is 1. The van der Waals surface area contributed by atoms with Gasteiger partial charge in [0, 0.05) is 26.1 Å². The number of hydrogen-bond acceptors (Lipinski definition) is 7. The molecule has 0 radical (unpaired) electrons. The third-order valence-corrected chi connectivity index (χ3v) is 6.85. The second-order valence-electron chi connectivity index (χ2n) is 9.54. The molecule has 200 valence electrons. The Hall–Kier alpha value is -3.03. The quantitative estimate of drug-likeness (QED) is 0.272. The molecular formula is C30H41N3O4. The first kappa shape index (κ1) is 27.0. The van der Waals surface area contributed by atoms with E-state index in [9.17, 15) is 0 Å². The highest BCUT2D eigenvalue weighted by Gasteiger charge is 2.25. The first-order valence-electron chi connectivity index (χ1n) is 13.5. The maximum atomic E-state index is 6.57. The van der Waals surface area contributed by atoms with Crippen molar-refractivity contribution < 1.29 is 18.6 Å². The number of anilines is 1. The average molecular weight is 508 g/mol. The highest BCUT2D eigenvalue weighted by atomic mass is 16.5. The molecule has 1 aliphatic rings. The van der Waals surface area contributed by atoms with Crippen molar-refractivity contribution in [3.05, 3.63) is 71.2 Å². The predicted molar refractivity (Wildman–Crippen MR) is 147 cm³/mol. The molecule has 1 N–H and O–H groups in total. The number of unbranched alkanes of at least 4 members (excludes halogenated alkanes) is 3. The van der Waals surface area contributed by atoms with Gasteiger partial charge in [0.25, 0.3) is 0 Å². The largest absolute Gasteiger partial charge is 0.493 e. The monoisotopic (exact) mass is 507 g/mol. The van der Waals surface area contributed by atoms with Crippen LogP contribution in [0.5, 0.6) is 11.5 Å². The molecule has 0 aliphatic carbocycles. The summed E-state index contributed by atoms with van der Waals surface area (Å²) >= 11 is 0. The molecule has 7 nitrogen and oxygen atoms in total. The summed E-state index contributed by atoms with van der Waals surface area (Å²) in [7, 11) is 3.32. The van der Waals surface area contributed by atoms with Gasteiger partial charge in [0.15, 0.2) is 11.5 Å². The summed E-state index contributed by atoms with van der Waals surface area (Å²) < 4.78 is 23.1. The van der Waals surface area contributed by atoms with Crippen molar-refractivity contribution in [1.82, 2.24) is 10.3 Å². The van der Waals surface area contributed by atoms with Gasteiger partial charge in [-0.1, -0.05) is 69.0 Å². The minimum Gasteiger partial charge on any atom is -0.493 e. The molecule has 1 aromatic heterocycles. The minimum absolute atomic E-state index is 0.0225. The van der Waals surface area contributed by atoms with Crippen LogP contribution in [0.1, 0.15) is 67.8 Å². The van der Waals surface area contributed by atoms with Crippen molar-refractivity contribution in [3.8, 4) is 11.5 Å². The van der Waals surface area contributed by atoms with Crippen molar-refractivity contribution in [2.24, 2.45) is 0 Å². The number of ether oxygens (including phenoxy) is 3. The highest BCUT2D eigenvalue weighted by molar-refractivity contribution is 5.45. The van der Waals surface area contributed by atoms with E-state index in [4.69, 9.17) is 23.6 Å². The standard InChI is InChI=1S/C30H41N3O4/c1-4-5-6-10-13-25(31-22-24-14-15-27(34-2)28(21-24)35-3)29-32-26(20-23-11-8-7-9-12-23)30(37-29)33-16-18-36-19-17-33/h7-9,11-12,14-15,21,25,31H,4-6,10,13,16-20,22H2,1-3H3. The van der Waals surface area contributed by atoms with E-state index in [-0.39, 0.29) is 6.04 Å². The molecule has 0 spiro atoms. The fourth-order valence-corrected chi connectivity index (χ4v) is 4.75. The van der Waals surface area contributed by atoms with Gasteiger partial charge < -0.3 is 28.8 Å². The van der Waals surface area contributed by atoms with Crippen LogP contribution >= 0.6 is 0 Å². The number of oxazole rings is 1. The van der Waals surface area contributed by atoms with Gasteiger partial charge in [0.2, 0.25) is 11.8 Å². The Kier molecular flexibility index (Phi) is 10.3. The predicted octanol–water partition coefficient (Wildman–Crippen LogP) is 5.92. The molecule has 2 aromatic carbocycles. The van der Waals surface area contributed by atoms with Crippen molar-refractivity contribution in [2.45, 2.75) is 58.0 Å². The zero-order valence-electron chi connectivity index (χ0n) is 22.5. The molecule has 4 rings (SSSR count). The van der Waals surface area contributed by atoms with Gasteiger partial charge in [-0.05, 0) is 29.7 Å². The molecule has 1 fully saturated rings. The van der Waals surface area contributed by atoms with Crippen molar-refractivity contribution in [3.63, 3.8) is 0 Å². The van der Waals surface area contributed by atoms with Gasteiger partial charge in [-0.2, -0.15) is 0 Å². The Morgan fingerprint density at radius 3 is 2.46 bits per heavy atom. The summed E-state index contributed by atoms with van der Waals surface area (Å²) in [5.74, 6) is 3.12. The number of rotatable bonds is 14. The molecular weight excluding hydrogens is 466 g/mol. The van der Waals surface area contributed by atoms with E-state index < -0.39 is 0 Å². The minimum atomic E-state index is 0.0225. The summed E-state index contributed by atoms with van der Waals surface area (Å²) in [4.78, 5) is 7.38. The van der Waals surface area contributed by atoms with Gasteiger partial charge in [-0.3, -0.25) is 0 Å². The molecule has 37 heavy (non-hydrogen) atoms. The lowest BCUT2D eigenvalue weighted by Gasteiger charge is -2.27. The molecule has 3 aromatic rings. The molecule has 1 saturated heterocycles. The third-order valence-electron chi connectivity index (χ3n) is 6.85. The lowest BCUT2D eigenvalue weighted by atomic mass is 10.1. The van der Waals surface area contributed by atoms with E-state index in [0.717, 1.165) is 66.9 Å². The zero-order valence-corrected chi connectivity index (χ0v) is 22.5. The second kappa shape index (κ2) is 14.1. The van der Waals surface area contributed by atoms with Crippen molar-refractivity contribution in [1.29, 1.82) is 0 Å². The molecule has 0 bridgehead atoms. The van der Waals surface area contributed by atoms with Crippen LogP contribution in [0.15, 0.2) is 52.9 Å². The Morgan fingerprint density at radius 1 is 0.946 bits per heavy atom. The van der Waals surface area contributed by atoms with Gasteiger partial charge in [-0.25, -0.2) is 4.98 Å². The van der Waals surface area contributed by atoms with E-state index in [1.54, 1.807) is 14.2 Å². The van der Waals surface area contributed by atoms with Crippen molar-refractivity contribution >= 4 is 5.88 Å². The van der Waals surface area contributed by atoms with Crippen LogP contribution in [-0.4, -0.2) is 45.5 Å². The third kappa shape index (κ3) is 7.49. The molecule has 7 heteroatoms. The van der Waals surface area contributed by atoms with Crippen LogP contribution in [0.3, 0.4) is 0 Å². The number of benzene rings is 2. The maximum absolute atomic E-state index is 6.57. The van der Waals surface area contributed by atoms with Crippen LogP contribution < -0.4 is 19.7 Å². The Bertz CT molecular complexity index is 1080. The summed E-state index contributed by atoms with van der Waals surface area (Å²) in [6, 6.07) is 16.6. The smallest absolute Gasteiger partial charge is 0.220 e. The summed E-state index contributed by atoms with van der Waals surface area (Å²) in [5, 5.41) is 3.73.